The lowest BCUT2D eigenvalue weighted by Crippen LogP contribution is -2.51. The lowest BCUT2D eigenvalue weighted by Gasteiger charge is -2.34. The Labute approximate surface area is 189 Å². The van der Waals surface area contributed by atoms with Crippen LogP contribution in [0.2, 0.25) is 0 Å². The summed E-state index contributed by atoms with van der Waals surface area (Å²) in [7, 11) is 0. The molecule has 1 aliphatic rings. The molecule has 1 aromatic carbocycles. The van der Waals surface area contributed by atoms with Gasteiger partial charge in [0.2, 0.25) is 5.91 Å². The summed E-state index contributed by atoms with van der Waals surface area (Å²) in [5, 5.41) is 3.00. The number of piperazine rings is 1. The predicted molar refractivity (Wildman–Crippen MR) is 125 cm³/mol. The van der Waals surface area contributed by atoms with Crippen LogP contribution in [0.4, 0.5) is 5.69 Å². The highest BCUT2D eigenvalue weighted by Gasteiger charge is 2.28. The molecule has 1 aromatic heterocycles. The summed E-state index contributed by atoms with van der Waals surface area (Å²) in [4.78, 5) is 49.1. The van der Waals surface area contributed by atoms with E-state index in [-0.39, 0.29) is 29.3 Å². The van der Waals surface area contributed by atoms with Crippen LogP contribution in [0.15, 0.2) is 23.0 Å². The van der Waals surface area contributed by atoms with Gasteiger partial charge in [-0.1, -0.05) is 39.0 Å². The number of rotatable bonds is 4. The van der Waals surface area contributed by atoms with Gasteiger partial charge in [0.15, 0.2) is 0 Å². The van der Waals surface area contributed by atoms with E-state index < -0.39 is 5.56 Å². The molecule has 0 saturated carbocycles. The molecule has 0 atom stereocenters. The number of aromatic amines is 1. The normalized spacial score (nSPS) is 15.0. The Morgan fingerprint density at radius 3 is 2.19 bits per heavy atom. The van der Waals surface area contributed by atoms with E-state index in [1.807, 2.05) is 57.7 Å². The minimum Gasteiger partial charge on any atom is -0.336 e. The smallest absolute Gasteiger partial charge is 0.264 e. The molecule has 0 bridgehead atoms. The molecule has 0 spiro atoms. The molecule has 8 nitrogen and oxygen atoms in total. The minimum atomic E-state index is -0.400. The number of anilines is 1. The molecule has 32 heavy (non-hydrogen) atoms. The summed E-state index contributed by atoms with van der Waals surface area (Å²) in [6.45, 7) is 13.8. The van der Waals surface area contributed by atoms with E-state index in [0.29, 0.717) is 37.7 Å². The second kappa shape index (κ2) is 9.24. The molecule has 0 radical (unpaired) electrons. The zero-order valence-electron chi connectivity index (χ0n) is 19.8. The number of amides is 2. The average molecular weight is 440 g/mol. The van der Waals surface area contributed by atoms with Gasteiger partial charge >= 0.3 is 0 Å². The number of hydrogen-bond acceptors (Lipinski definition) is 5. The fraction of sp³-hybridized carbons (Fsp3) is 0.500. The Hall–Kier alpha value is -3.00. The zero-order valence-corrected chi connectivity index (χ0v) is 19.8. The van der Waals surface area contributed by atoms with Crippen molar-refractivity contribution in [3.8, 4) is 0 Å². The highest BCUT2D eigenvalue weighted by atomic mass is 16.2. The van der Waals surface area contributed by atoms with Crippen molar-refractivity contribution in [3.05, 3.63) is 56.8 Å². The fourth-order valence-electron chi connectivity index (χ4n) is 3.85. The maximum Gasteiger partial charge on any atom is 0.264 e. The predicted octanol–water partition coefficient (Wildman–Crippen LogP) is 2.39. The molecule has 1 fully saturated rings. The first-order valence-corrected chi connectivity index (χ1v) is 11.0. The highest BCUT2D eigenvalue weighted by molar-refractivity contribution is 5.95. The molecule has 172 valence electrons. The van der Waals surface area contributed by atoms with E-state index in [1.54, 1.807) is 11.8 Å². The summed E-state index contributed by atoms with van der Waals surface area (Å²) in [6, 6.07) is 5.91. The Morgan fingerprint density at radius 1 is 1.06 bits per heavy atom. The SMILES string of the molecule is Cc1cccc(C)c1NC(=O)CN1CCN(C(=O)c2c(C)nc(C(C)(C)C)[nH]c2=O)CC1. The topological polar surface area (TPSA) is 98.4 Å². The lowest BCUT2D eigenvalue weighted by atomic mass is 9.95. The molecule has 2 aromatic rings. The quantitative estimate of drug-likeness (QED) is 0.762. The molecule has 8 heteroatoms. The van der Waals surface area contributed by atoms with Crippen molar-refractivity contribution in [1.29, 1.82) is 0 Å². The van der Waals surface area contributed by atoms with Crippen molar-refractivity contribution in [2.75, 3.05) is 38.0 Å². The fourth-order valence-corrected chi connectivity index (χ4v) is 3.85. The molecule has 1 aliphatic heterocycles. The molecule has 3 rings (SSSR count). The third-order valence-corrected chi connectivity index (χ3v) is 5.80. The second-order valence-electron chi connectivity index (χ2n) is 9.51. The highest BCUT2D eigenvalue weighted by Crippen LogP contribution is 2.20. The van der Waals surface area contributed by atoms with Crippen molar-refractivity contribution >= 4 is 17.5 Å². The van der Waals surface area contributed by atoms with Crippen LogP contribution in [-0.2, 0) is 10.2 Å². The Balaban J connectivity index is 1.61. The maximum atomic E-state index is 13.0. The second-order valence-corrected chi connectivity index (χ2v) is 9.51. The third-order valence-electron chi connectivity index (χ3n) is 5.80. The summed E-state index contributed by atoms with van der Waals surface area (Å²) in [6.07, 6.45) is 0. The van der Waals surface area contributed by atoms with Crippen molar-refractivity contribution in [2.45, 2.75) is 47.0 Å². The van der Waals surface area contributed by atoms with Crippen molar-refractivity contribution in [1.82, 2.24) is 19.8 Å². The lowest BCUT2D eigenvalue weighted by molar-refractivity contribution is -0.117. The molecule has 2 heterocycles. The van der Waals surface area contributed by atoms with Gasteiger partial charge in [-0.05, 0) is 31.9 Å². The largest absolute Gasteiger partial charge is 0.336 e. The van der Waals surface area contributed by atoms with E-state index in [2.05, 4.69) is 15.3 Å². The van der Waals surface area contributed by atoms with Crippen LogP contribution >= 0.6 is 0 Å². The number of carbonyl (C=O) groups is 2. The van der Waals surface area contributed by atoms with Gasteiger partial charge in [0, 0.05) is 37.3 Å². The number of hydrogen-bond donors (Lipinski definition) is 2. The summed E-state index contributed by atoms with van der Waals surface area (Å²) < 4.78 is 0. The van der Waals surface area contributed by atoms with Crippen molar-refractivity contribution in [2.24, 2.45) is 0 Å². The zero-order chi connectivity index (χ0) is 23.6. The van der Waals surface area contributed by atoms with Crippen LogP contribution in [0.25, 0.3) is 0 Å². The monoisotopic (exact) mass is 439 g/mol. The summed E-state index contributed by atoms with van der Waals surface area (Å²) in [5.41, 5.74) is 2.74. The standard InChI is InChI=1S/C24H33N5O3/c1-15-8-7-9-16(2)20(15)26-18(30)14-28-10-12-29(13-11-28)22(32)19-17(3)25-23(24(4,5)6)27-21(19)31/h7-9H,10-14H2,1-6H3,(H,26,30)(H,25,27,31). The number of aryl methyl sites for hydroxylation is 3. The number of aromatic nitrogens is 2. The van der Waals surface area contributed by atoms with Gasteiger partial charge in [-0.2, -0.15) is 0 Å². The molecule has 2 amide bonds. The van der Waals surface area contributed by atoms with E-state index in [9.17, 15) is 14.4 Å². The summed E-state index contributed by atoms with van der Waals surface area (Å²) in [5.74, 6) is 0.184. The molecular formula is C24H33N5O3. The van der Waals surface area contributed by atoms with Gasteiger partial charge < -0.3 is 15.2 Å². The van der Waals surface area contributed by atoms with Crippen LogP contribution in [0.5, 0.6) is 0 Å². The van der Waals surface area contributed by atoms with Crippen LogP contribution in [0, 0.1) is 20.8 Å². The van der Waals surface area contributed by atoms with Gasteiger partial charge in [-0.15, -0.1) is 0 Å². The van der Waals surface area contributed by atoms with Crippen LogP contribution in [0.1, 0.15) is 53.8 Å². The number of nitrogens with zero attached hydrogens (tertiary/aromatic N) is 3. The Morgan fingerprint density at radius 2 is 1.66 bits per heavy atom. The van der Waals surface area contributed by atoms with E-state index in [1.165, 1.54) is 0 Å². The van der Waals surface area contributed by atoms with Crippen LogP contribution < -0.4 is 10.9 Å². The molecular weight excluding hydrogens is 406 g/mol. The number of H-pyrrole nitrogens is 1. The van der Waals surface area contributed by atoms with E-state index in [4.69, 9.17) is 0 Å². The average Bonchev–Trinajstić information content (AvgIpc) is 2.70. The number of nitrogens with one attached hydrogen (secondary N) is 2. The van der Waals surface area contributed by atoms with Gasteiger partial charge in [0.05, 0.1) is 12.2 Å². The van der Waals surface area contributed by atoms with Gasteiger partial charge in [-0.3, -0.25) is 19.3 Å². The Kier molecular flexibility index (Phi) is 6.83. The van der Waals surface area contributed by atoms with Crippen molar-refractivity contribution < 1.29 is 9.59 Å². The summed E-state index contributed by atoms with van der Waals surface area (Å²) >= 11 is 0. The maximum absolute atomic E-state index is 13.0. The van der Waals surface area contributed by atoms with Crippen LogP contribution in [-0.4, -0.2) is 64.3 Å². The number of carbonyl (C=O) groups excluding carboxylic acids is 2. The molecule has 0 unspecified atom stereocenters. The first-order valence-electron chi connectivity index (χ1n) is 11.0. The van der Waals surface area contributed by atoms with Crippen LogP contribution in [0.3, 0.4) is 0 Å². The first-order chi connectivity index (χ1) is 15.0. The van der Waals surface area contributed by atoms with Gasteiger partial charge in [-0.25, -0.2) is 4.98 Å². The first kappa shape index (κ1) is 23.7. The molecule has 2 N–H and O–H groups in total. The molecule has 0 aliphatic carbocycles. The van der Waals surface area contributed by atoms with Gasteiger partial charge in [0.1, 0.15) is 11.4 Å². The molecule has 1 saturated heterocycles. The number of para-hydroxylation sites is 1. The Bertz CT molecular complexity index is 1060. The van der Waals surface area contributed by atoms with E-state index >= 15 is 0 Å². The third kappa shape index (κ3) is 5.24. The number of benzene rings is 1. The van der Waals surface area contributed by atoms with Crippen molar-refractivity contribution in [3.63, 3.8) is 0 Å². The van der Waals surface area contributed by atoms with Gasteiger partial charge in [0.25, 0.3) is 11.5 Å². The minimum absolute atomic E-state index is 0.0727. The van der Waals surface area contributed by atoms with E-state index in [0.717, 1.165) is 16.8 Å².